The number of fused-ring (bicyclic) bond motifs is 1. The molecule has 3 N–H and O–H groups in total. The van der Waals surface area contributed by atoms with Crippen molar-refractivity contribution < 1.29 is 9.67 Å². The van der Waals surface area contributed by atoms with Gasteiger partial charge in [-0.1, -0.05) is 12.1 Å². The van der Waals surface area contributed by atoms with Gasteiger partial charge in [0.05, 0.1) is 21.7 Å². The van der Waals surface area contributed by atoms with Crippen LogP contribution in [0.3, 0.4) is 0 Å². The SMILES string of the molecule is CC(Nc1ncc(Br)c(-c2c[nH]c3c(P(C)(C)=O)cccc23)n1)C(O)I. The summed E-state index contributed by atoms with van der Waals surface area (Å²) in [6, 6.07) is 5.61. The number of nitrogens with one attached hydrogen (secondary N) is 2. The van der Waals surface area contributed by atoms with E-state index >= 15 is 0 Å². The van der Waals surface area contributed by atoms with E-state index in [1.807, 2.05) is 53.9 Å². The molecule has 0 aliphatic rings. The van der Waals surface area contributed by atoms with Crippen LogP contribution < -0.4 is 10.6 Å². The van der Waals surface area contributed by atoms with Gasteiger partial charge in [0.25, 0.3) is 0 Å². The third-order valence-electron chi connectivity index (χ3n) is 4.04. The van der Waals surface area contributed by atoms with Crippen LogP contribution in [0.4, 0.5) is 5.95 Å². The van der Waals surface area contributed by atoms with Gasteiger partial charge in [-0.25, -0.2) is 9.97 Å². The lowest BCUT2D eigenvalue weighted by Crippen LogP contribution is -2.26. The number of aromatic nitrogens is 3. The molecule has 3 rings (SSSR count). The van der Waals surface area contributed by atoms with E-state index < -0.39 is 11.3 Å². The quantitative estimate of drug-likeness (QED) is 0.253. The third kappa shape index (κ3) is 3.98. The Balaban J connectivity index is 2.11. The normalized spacial score (nSPS) is 14.4. The fourth-order valence-corrected chi connectivity index (χ4v) is 4.43. The lowest BCUT2D eigenvalue weighted by Gasteiger charge is -2.16. The molecule has 0 radical (unpaired) electrons. The molecule has 0 aliphatic carbocycles. The standard InChI is InChI=1S/C17H19BrIN4O2P/c1-9(16(19)24)22-17-21-8-12(18)14(23-17)11-7-20-15-10(11)5-4-6-13(15)26(2,3)25/h4-9,16,20,24H,1-3H3,(H,21,22,23). The highest BCUT2D eigenvalue weighted by Gasteiger charge is 2.20. The van der Waals surface area contributed by atoms with Gasteiger partial charge in [-0.3, -0.25) is 0 Å². The van der Waals surface area contributed by atoms with Gasteiger partial charge in [-0.05, 0) is 64.8 Å². The predicted octanol–water partition coefficient (Wildman–Crippen LogP) is 4.19. The van der Waals surface area contributed by atoms with Gasteiger partial charge in [0.2, 0.25) is 5.95 Å². The van der Waals surface area contributed by atoms with Crippen molar-refractivity contribution in [1.82, 2.24) is 15.0 Å². The molecule has 1 aromatic carbocycles. The number of H-pyrrole nitrogens is 1. The molecule has 9 heteroatoms. The zero-order valence-electron chi connectivity index (χ0n) is 14.5. The van der Waals surface area contributed by atoms with Gasteiger partial charge in [-0.2, -0.15) is 0 Å². The summed E-state index contributed by atoms with van der Waals surface area (Å²) >= 11 is 5.46. The molecular weight excluding hydrogens is 530 g/mol. The number of para-hydroxylation sites is 1. The van der Waals surface area contributed by atoms with Gasteiger partial charge in [-0.15, -0.1) is 0 Å². The minimum absolute atomic E-state index is 0.190. The average molecular weight is 549 g/mol. The lowest BCUT2D eigenvalue weighted by molar-refractivity contribution is 0.261. The van der Waals surface area contributed by atoms with E-state index in [0.29, 0.717) is 5.95 Å². The number of aliphatic hydroxyl groups excluding tert-OH is 1. The molecule has 0 aliphatic heterocycles. The van der Waals surface area contributed by atoms with E-state index in [9.17, 15) is 9.67 Å². The zero-order chi connectivity index (χ0) is 19.1. The van der Waals surface area contributed by atoms with Crippen LogP contribution in [-0.4, -0.2) is 43.5 Å². The Kier molecular flexibility index (Phi) is 5.77. The highest BCUT2D eigenvalue weighted by Crippen LogP contribution is 2.40. The summed E-state index contributed by atoms with van der Waals surface area (Å²) in [7, 11) is -2.41. The Morgan fingerprint density at radius 1 is 1.38 bits per heavy atom. The molecular formula is C17H19BrIN4O2P. The van der Waals surface area contributed by atoms with Crippen LogP contribution in [0.25, 0.3) is 22.2 Å². The van der Waals surface area contributed by atoms with Crippen molar-refractivity contribution in [1.29, 1.82) is 0 Å². The van der Waals surface area contributed by atoms with Crippen LogP contribution in [-0.2, 0) is 4.57 Å². The van der Waals surface area contributed by atoms with Crippen molar-refractivity contribution in [2.75, 3.05) is 18.6 Å². The second kappa shape index (κ2) is 7.58. The predicted molar refractivity (Wildman–Crippen MR) is 119 cm³/mol. The number of rotatable bonds is 5. The minimum atomic E-state index is -2.41. The van der Waals surface area contributed by atoms with E-state index in [1.165, 1.54) is 0 Å². The average Bonchev–Trinajstić information content (AvgIpc) is 2.99. The summed E-state index contributed by atoms with van der Waals surface area (Å²) < 4.78 is 12.8. The smallest absolute Gasteiger partial charge is 0.223 e. The van der Waals surface area contributed by atoms with Crippen LogP contribution in [0, 0.1) is 0 Å². The third-order valence-corrected chi connectivity index (χ3v) is 7.23. The molecule has 0 amide bonds. The van der Waals surface area contributed by atoms with Gasteiger partial charge < -0.3 is 20.0 Å². The fraction of sp³-hybridized carbons (Fsp3) is 0.294. The van der Waals surface area contributed by atoms with Crippen molar-refractivity contribution in [3.63, 3.8) is 0 Å². The van der Waals surface area contributed by atoms with E-state index in [0.717, 1.165) is 31.9 Å². The van der Waals surface area contributed by atoms with Crippen LogP contribution in [0.2, 0.25) is 0 Å². The van der Waals surface area contributed by atoms with E-state index in [1.54, 1.807) is 19.5 Å². The molecule has 3 aromatic rings. The largest absolute Gasteiger partial charge is 0.381 e. The monoisotopic (exact) mass is 548 g/mol. The maximum absolute atomic E-state index is 12.6. The topological polar surface area (TPSA) is 90.9 Å². The van der Waals surface area contributed by atoms with Crippen molar-refractivity contribution in [3.8, 4) is 11.3 Å². The summed E-state index contributed by atoms with van der Waals surface area (Å²) in [6.45, 7) is 5.39. The molecule has 26 heavy (non-hydrogen) atoms. The molecule has 138 valence electrons. The Morgan fingerprint density at radius 3 is 2.77 bits per heavy atom. The molecule has 0 saturated heterocycles. The molecule has 2 heterocycles. The number of nitrogens with zero attached hydrogens (tertiary/aromatic N) is 2. The van der Waals surface area contributed by atoms with Crippen molar-refractivity contribution in [3.05, 3.63) is 35.1 Å². The minimum Gasteiger partial charge on any atom is -0.381 e. The highest BCUT2D eigenvalue weighted by atomic mass is 127. The summed E-state index contributed by atoms with van der Waals surface area (Å²) in [6.07, 6.45) is 3.56. The first-order valence-corrected chi connectivity index (χ1v) is 12.6. The van der Waals surface area contributed by atoms with Gasteiger partial charge >= 0.3 is 0 Å². The number of halogens is 2. The Hall–Kier alpha value is -0.960. The maximum atomic E-state index is 12.6. The van der Waals surface area contributed by atoms with Crippen LogP contribution >= 0.6 is 45.7 Å². The van der Waals surface area contributed by atoms with E-state index in [-0.39, 0.29) is 6.04 Å². The molecule has 0 saturated carbocycles. The highest BCUT2D eigenvalue weighted by molar-refractivity contribution is 14.1. The molecule has 0 fully saturated rings. The molecule has 2 aromatic heterocycles. The number of benzene rings is 1. The Labute approximate surface area is 173 Å². The van der Waals surface area contributed by atoms with E-state index in [2.05, 4.69) is 36.2 Å². The Morgan fingerprint density at radius 2 is 2.12 bits per heavy atom. The lowest BCUT2D eigenvalue weighted by atomic mass is 10.1. The number of hydrogen-bond acceptors (Lipinski definition) is 5. The molecule has 0 bridgehead atoms. The molecule has 6 nitrogen and oxygen atoms in total. The van der Waals surface area contributed by atoms with Crippen molar-refractivity contribution in [2.24, 2.45) is 0 Å². The van der Waals surface area contributed by atoms with Gasteiger partial charge in [0.1, 0.15) is 11.3 Å². The summed E-state index contributed by atoms with van der Waals surface area (Å²) in [5, 5.41) is 14.5. The van der Waals surface area contributed by atoms with Crippen molar-refractivity contribution in [2.45, 2.75) is 17.1 Å². The number of hydrogen-bond donors (Lipinski definition) is 3. The first kappa shape index (κ1) is 19.8. The van der Waals surface area contributed by atoms with E-state index in [4.69, 9.17) is 0 Å². The molecule has 0 spiro atoms. The number of aromatic amines is 1. The zero-order valence-corrected chi connectivity index (χ0v) is 19.1. The fourth-order valence-electron chi connectivity index (χ4n) is 2.68. The number of alkyl halides is 1. The van der Waals surface area contributed by atoms with Crippen LogP contribution in [0.15, 0.2) is 35.1 Å². The molecule has 2 unspecified atom stereocenters. The van der Waals surface area contributed by atoms with Crippen LogP contribution in [0.5, 0.6) is 0 Å². The second-order valence-corrected chi connectivity index (χ2v) is 11.8. The maximum Gasteiger partial charge on any atom is 0.223 e. The number of aliphatic hydroxyl groups is 1. The summed E-state index contributed by atoms with van der Waals surface area (Å²) in [4.78, 5) is 12.1. The first-order chi connectivity index (χ1) is 12.2. The molecule has 2 atom stereocenters. The summed E-state index contributed by atoms with van der Waals surface area (Å²) in [5.74, 6) is 0.438. The number of anilines is 1. The Bertz CT molecular complexity index is 1000. The van der Waals surface area contributed by atoms with Crippen LogP contribution in [0.1, 0.15) is 6.92 Å². The summed E-state index contributed by atoms with van der Waals surface area (Å²) in [5.41, 5.74) is 2.49. The first-order valence-electron chi connectivity index (χ1n) is 7.95. The van der Waals surface area contributed by atoms with Crippen molar-refractivity contribution >= 4 is 67.8 Å². The second-order valence-electron chi connectivity index (χ2n) is 6.45. The van der Waals surface area contributed by atoms with Gasteiger partial charge in [0, 0.05) is 28.6 Å². The van der Waals surface area contributed by atoms with Gasteiger partial charge in [0.15, 0.2) is 0 Å².